The third kappa shape index (κ3) is 4.95. The summed E-state index contributed by atoms with van der Waals surface area (Å²) in [5.74, 6) is 0.597. The van der Waals surface area contributed by atoms with Crippen molar-refractivity contribution in [3.63, 3.8) is 0 Å². The van der Waals surface area contributed by atoms with Crippen LogP contribution in [0.15, 0.2) is 42.5 Å². The molecule has 150 valence electrons. The number of nitrogens with zero attached hydrogens (tertiary/aromatic N) is 2. The smallest absolute Gasteiger partial charge is 0.255 e. The van der Waals surface area contributed by atoms with Gasteiger partial charge in [0.15, 0.2) is 0 Å². The Kier molecular flexibility index (Phi) is 6.41. The number of rotatable bonds is 6. The fourth-order valence-electron chi connectivity index (χ4n) is 3.39. The number of amides is 1. The molecule has 0 aliphatic carbocycles. The van der Waals surface area contributed by atoms with E-state index in [1.54, 1.807) is 12.1 Å². The SMILES string of the molecule is CCN1CCN(c2ccc(N)cc2NC(=O)c2ccc(OC(C)C)cc2)CC1. The summed E-state index contributed by atoms with van der Waals surface area (Å²) in [4.78, 5) is 17.5. The van der Waals surface area contributed by atoms with Crippen molar-refractivity contribution in [1.82, 2.24) is 4.90 Å². The summed E-state index contributed by atoms with van der Waals surface area (Å²) in [6.45, 7) is 11.1. The van der Waals surface area contributed by atoms with Crippen LogP contribution in [0.2, 0.25) is 0 Å². The lowest BCUT2D eigenvalue weighted by Crippen LogP contribution is -2.46. The lowest BCUT2D eigenvalue weighted by atomic mass is 10.1. The first-order chi connectivity index (χ1) is 13.5. The molecule has 6 heteroatoms. The largest absolute Gasteiger partial charge is 0.491 e. The third-order valence-electron chi connectivity index (χ3n) is 4.92. The summed E-state index contributed by atoms with van der Waals surface area (Å²) < 4.78 is 5.64. The highest BCUT2D eigenvalue weighted by Crippen LogP contribution is 2.30. The number of hydrogen-bond acceptors (Lipinski definition) is 5. The van der Waals surface area contributed by atoms with Gasteiger partial charge in [-0.3, -0.25) is 4.79 Å². The minimum absolute atomic E-state index is 0.0997. The first-order valence-corrected chi connectivity index (χ1v) is 9.91. The van der Waals surface area contributed by atoms with Gasteiger partial charge in [0.2, 0.25) is 0 Å². The van der Waals surface area contributed by atoms with Crippen LogP contribution < -0.4 is 20.7 Å². The van der Waals surface area contributed by atoms with Crippen molar-refractivity contribution in [2.75, 3.05) is 48.7 Å². The van der Waals surface area contributed by atoms with Crippen molar-refractivity contribution in [2.45, 2.75) is 26.9 Å². The quantitative estimate of drug-likeness (QED) is 0.749. The molecule has 6 nitrogen and oxygen atoms in total. The number of nitrogens with one attached hydrogen (secondary N) is 1. The summed E-state index contributed by atoms with van der Waals surface area (Å²) in [6, 6.07) is 12.9. The molecule has 0 spiro atoms. The minimum Gasteiger partial charge on any atom is -0.491 e. The maximum atomic E-state index is 12.8. The lowest BCUT2D eigenvalue weighted by molar-refractivity contribution is 0.102. The Hall–Kier alpha value is -2.73. The van der Waals surface area contributed by atoms with Crippen LogP contribution in [0.3, 0.4) is 0 Å². The molecule has 0 bridgehead atoms. The summed E-state index contributed by atoms with van der Waals surface area (Å²) in [6.07, 6.45) is 0.0997. The predicted molar refractivity (Wildman–Crippen MR) is 115 cm³/mol. The first kappa shape index (κ1) is 20.0. The number of carbonyl (C=O) groups is 1. The zero-order valence-electron chi connectivity index (χ0n) is 16.9. The molecule has 3 rings (SSSR count). The van der Waals surface area contributed by atoms with Gasteiger partial charge in [-0.05, 0) is 62.9 Å². The van der Waals surface area contributed by atoms with Gasteiger partial charge in [0.1, 0.15) is 5.75 Å². The molecule has 1 amide bonds. The molecule has 1 saturated heterocycles. The standard InChI is InChI=1S/C22H30N4O2/c1-4-25-11-13-26(14-12-25)21-10-7-18(23)15-20(21)24-22(27)17-5-8-19(9-6-17)28-16(2)3/h5-10,15-16H,4,11-14,23H2,1-3H3,(H,24,27). The number of piperazine rings is 1. The maximum Gasteiger partial charge on any atom is 0.255 e. The van der Waals surface area contributed by atoms with Crippen LogP contribution in [0.25, 0.3) is 0 Å². The Morgan fingerprint density at radius 3 is 2.39 bits per heavy atom. The molecule has 2 aromatic carbocycles. The molecular weight excluding hydrogens is 352 g/mol. The fourth-order valence-corrected chi connectivity index (χ4v) is 3.39. The van der Waals surface area contributed by atoms with Gasteiger partial charge in [-0.2, -0.15) is 0 Å². The number of carbonyl (C=O) groups excluding carboxylic acids is 1. The third-order valence-corrected chi connectivity index (χ3v) is 4.92. The molecule has 0 radical (unpaired) electrons. The highest BCUT2D eigenvalue weighted by molar-refractivity contribution is 6.06. The van der Waals surface area contributed by atoms with E-state index in [9.17, 15) is 4.79 Å². The molecule has 1 aliphatic heterocycles. The van der Waals surface area contributed by atoms with Crippen LogP contribution in [-0.4, -0.2) is 49.6 Å². The maximum absolute atomic E-state index is 12.8. The second kappa shape index (κ2) is 8.97. The molecule has 3 N–H and O–H groups in total. The summed E-state index contributed by atoms with van der Waals surface area (Å²) in [5.41, 5.74) is 8.96. The van der Waals surface area contributed by atoms with E-state index in [4.69, 9.17) is 10.5 Å². The summed E-state index contributed by atoms with van der Waals surface area (Å²) >= 11 is 0. The van der Waals surface area contributed by atoms with E-state index >= 15 is 0 Å². The highest BCUT2D eigenvalue weighted by atomic mass is 16.5. The Bertz CT molecular complexity index is 797. The Balaban J connectivity index is 1.74. The van der Waals surface area contributed by atoms with Gasteiger partial charge in [0, 0.05) is 37.4 Å². The van der Waals surface area contributed by atoms with E-state index < -0.39 is 0 Å². The molecule has 28 heavy (non-hydrogen) atoms. The molecular formula is C22H30N4O2. The number of nitrogens with two attached hydrogens (primary N) is 1. The second-order valence-electron chi connectivity index (χ2n) is 7.34. The molecule has 1 heterocycles. The van der Waals surface area contributed by atoms with Crippen LogP contribution in [0.5, 0.6) is 5.75 Å². The number of ether oxygens (including phenoxy) is 1. The van der Waals surface area contributed by atoms with Gasteiger partial charge >= 0.3 is 0 Å². The van der Waals surface area contributed by atoms with Gasteiger partial charge in [-0.25, -0.2) is 0 Å². The number of hydrogen-bond donors (Lipinski definition) is 2. The van der Waals surface area contributed by atoms with Gasteiger partial charge in [-0.1, -0.05) is 6.92 Å². The van der Waals surface area contributed by atoms with E-state index in [2.05, 4.69) is 22.0 Å². The van der Waals surface area contributed by atoms with Crippen LogP contribution >= 0.6 is 0 Å². The topological polar surface area (TPSA) is 70.8 Å². The van der Waals surface area contributed by atoms with E-state index in [-0.39, 0.29) is 12.0 Å². The van der Waals surface area contributed by atoms with Crippen molar-refractivity contribution in [3.05, 3.63) is 48.0 Å². The van der Waals surface area contributed by atoms with E-state index in [0.717, 1.165) is 49.8 Å². The van der Waals surface area contributed by atoms with Crippen LogP contribution in [0.1, 0.15) is 31.1 Å². The molecule has 0 saturated carbocycles. The molecule has 1 aliphatic rings. The molecule has 0 atom stereocenters. The normalized spacial score (nSPS) is 14.9. The second-order valence-corrected chi connectivity index (χ2v) is 7.34. The predicted octanol–water partition coefficient (Wildman–Crippen LogP) is 3.45. The van der Waals surface area contributed by atoms with Crippen molar-refractivity contribution in [2.24, 2.45) is 0 Å². The Morgan fingerprint density at radius 1 is 1.11 bits per heavy atom. The van der Waals surface area contributed by atoms with Gasteiger partial charge in [0.05, 0.1) is 17.5 Å². The van der Waals surface area contributed by atoms with Crippen LogP contribution in [0, 0.1) is 0 Å². The highest BCUT2D eigenvalue weighted by Gasteiger charge is 2.19. The van der Waals surface area contributed by atoms with Crippen molar-refractivity contribution >= 4 is 23.0 Å². The monoisotopic (exact) mass is 382 g/mol. The van der Waals surface area contributed by atoms with Gasteiger partial charge in [0.25, 0.3) is 5.91 Å². The van der Waals surface area contributed by atoms with Crippen LogP contribution in [-0.2, 0) is 0 Å². The first-order valence-electron chi connectivity index (χ1n) is 9.91. The Morgan fingerprint density at radius 2 is 1.79 bits per heavy atom. The number of benzene rings is 2. The molecule has 2 aromatic rings. The molecule has 0 aromatic heterocycles. The number of likely N-dealkylation sites (N-methyl/N-ethyl adjacent to an activating group) is 1. The Labute approximate surface area is 167 Å². The number of anilines is 3. The van der Waals surface area contributed by atoms with E-state index in [1.807, 2.05) is 44.2 Å². The zero-order valence-corrected chi connectivity index (χ0v) is 16.9. The molecule has 0 unspecified atom stereocenters. The number of nitrogen functional groups attached to an aromatic ring is 1. The average molecular weight is 383 g/mol. The zero-order chi connectivity index (χ0) is 20.1. The van der Waals surface area contributed by atoms with Gasteiger partial charge in [-0.15, -0.1) is 0 Å². The minimum atomic E-state index is -0.157. The fraction of sp³-hybridized carbons (Fsp3) is 0.409. The lowest BCUT2D eigenvalue weighted by Gasteiger charge is -2.36. The van der Waals surface area contributed by atoms with Crippen molar-refractivity contribution in [3.8, 4) is 5.75 Å². The van der Waals surface area contributed by atoms with Crippen molar-refractivity contribution < 1.29 is 9.53 Å². The van der Waals surface area contributed by atoms with Crippen LogP contribution in [0.4, 0.5) is 17.1 Å². The van der Waals surface area contributed by atoms with E-state index in [0.29, 0.717) is 11.3 Å². The molecule has 1 fully saturated rings. The average Bonchev–Trinajstić information content (AvgIpc) is 2.68. The van der Waals surface area contributed by atoms with Gasteiger partial charge < -0.3 is 25.6 Å². The summed E-state index contributed by atoms with van der Waals surface area (Å²) in [5, 5.41) is 3.04. The van der Waals surface area contributed by atoms with E-state index in [1.165, 1.54) is 0 Å². The van der Waals surface area contributed by atoms with Crippen molar-refractivity contribution in [1.29, 1.82) is 0 Å². The summed E-state index contributed by atoms with van der Waals surface area (Å²) in [7, 11) is 0.